The topological polar surface area (TPSA) is 85.6 Å². The van der Waals surface area contributed by atoms with Crippen molar-refractivity contribution < 1.29 is 18.7 Å². The van der Waals surface area contributed by atoms with E-state index in [0.29, 0.717) is 46.2 Å². The van der Waals surface area contributed by atoms with Crippen LogP contribution >= 0.6 is 23.8 Å². The number of rotatable bonds is 9. The molecule has 5 rings (SSSR count). The van der Waals surface area contributed by atoms with Crippen molar-refractivity contribution in [3.8, 4) is 23.0 Å². The summed E-state index contributed by atoms with van der Waals surface area (Å²) in [6.45, 7) is 4.70. The van der Waals surface area contributed by atoms with Crippen molar-refractivity contribution in [2.45, 2.75) is 32.8 Å². The van der Waals surface area contributed by atoms with Crippen LogP contribution in [-0.4, -0.2) is 23.1 Å². The molecule has 0 saturated heterocycles. The minimum atomic E-state index is -0.380. The van der Waals surface area contributed by atoms with E-state index in [1.54, 1.807) is 30.3 Å². The number of hydrogen-bond acceptors (Lipinski definition) is 6. The van der Waals surface area contributed by atoms with E-state index in [1.807, 2.05) is 42.5 Å². The number of fused-ring (bicyclic) bond motifs is 1. The average Bonchev–Trinajstić information content (AvgIpc) is 3.44. The van der Waals surface area contributed by atoms with Crippen LogP contribution in [0.15, 0.2) is 89.3 Å². The van der Waals surface area contributed by atoms with Crippen molar-refractivity contribution >= 4 is 51.6 Å². The summed E-state index contributed by atoms with van der Waals surface area (Å²) in [6, 6.07) is 26.0. The Hall–Kier alpha value is -4.40. The van der Waals surface area contributed by atoms with Gasteiger partial charge in [0.05, 0.1) is 7.11 Å². The molecule has 0 fully saturated rings. The van der Waals surface area contributed by atoms with Crippen LogP contribution in [-0.2, 0) is 6.61 Å². The van der Waals surface area contributed by atoms with E-state index in [4.69, 9.17) is 37.7 Å². The maximum Gasteiger partial charge on any atom is 0.257 e. The minimum Gasteiger partial charge on any atom is -0.493 e. The number of methoxy groups -OCH3 is 1. The van der Waals surface area contributed by atoms with Crippen LogP contribution in [0.4, 0.5) is 5.69 Å². The van der Waals surface area contributed by atoms with Crippen molar-refractivity contribution in [3.05, 3.63) is 107 Å². The zero-order valence-electron chi connectivity index (χ0n) is 23.4. The van der Waals surface area contributed by atoms with E-state index >= 15 is 0 Å². The lowest BCUT2D eigenvalue weighted by molar-refractivity contribution is 0.0977. The molecule has 0 aliphatic carbocycles. The van der Waals surface area contributed by atoms with Gasteiger partial charge in [0.15, 0.2) is 22.2 Å². The van der Waals surface area contributed by atoms with E-state index in [2.05, 4.69) is 41.6 Å². The first-order chi connectivity index (χ1) is 20.3. The molecule has 214 valence electrons. The van der Waals surface area contributed by atoms with Crippen LogP contribution in [0.5, 0.6) is 11.5 Å². The number of hydrogen-bond donors (Lipinski definition) is 2. The van der Waals surface area contributed by atoms with Crippen molar-refractivity contribution in [1.82, 2.24) is 10.3 Å². The number of benzene rings is 4. The highest BCUT2D eigenvalue weighted by atomic mass is 35.5. The molecule has 0 unspecified atom stereocenters. The summed E-state index contributed by atoms with van der Waals surface area (Å²) in [4.78, 5) is 17.6. The van der Waals surface area contributed by atoms with Crippen molar-refractivity contribution in [3.63, 3.8) is 0 Å². The molecule has 5 aromatic rings. The second-order valence-electron chi connectivity index (χ2n) is 9.82. The maximum absolute atomic E-state index is 12.9. The molecule has 0 saturated carbocycles. The molecule has 1 aromatic heterocycles. The number of nitrogens with zero attached hydrogens (tertiary/aromatic N) is 1. The third kappa shape index (κ3) is 6.90. The lowest BCUT2D eigenvalue weighted by Crippen LogP contribution is -2.34. The smallest absolute Gasteiger partial charge is 0.257 e. The number of aromatic nitrogens is 1. The summed E-state index contributed by atoms with van der Waals surface area (Å²) in [5.41, 5.74) is 5.71. The second kappa shape index (κ2) is 13.1. The second-order valence-corrected chi connectivity index (χ2v) is 10.7. The molecular weight excluding hydrogens is 570 g/mol. The van der Waals surface area contributed by atoms with Gasteiger partial charge in [-0.1, -0.05) is 43.6 Å². The molecule has 1 atom stereocenters. The summed E-state index contributed by atoms with van der Waals surface area (Å²) in [5.74, 6) is 1.57. The SMILES string of the molecule is CC[C@H](C)c1ccc2oc(-c3ccc(NC(=S)NC(=O)c4ccc(OCc5ccc(Cl)cc5)c(OC)c4)cc3)nc2c1. The Bertz CT molecular complexity index is 1720. The van der Waals surface area contributed by atoms with Crippen LogP contribution in [0.2, 0.25) is 5.02 Å². The Balaban J connectivity index is 1.19. The zero-order valence-corrected chi connectivity index (χ0v) is 25.0. The predicted octanol–water partition coefficient (Wildman–Crippen LogP) is 8.38. The Morgan fingerprint density at radius 3 is 2.48 bits per heavy atom. The average molecular weight is 600 g/mol. The summed E-state index contributed by atoms with van der Waals surface area (Å²) in [6.07, 6.45) is 1.06. The Morgan fingerprint density at radius 1 is 1.00 bits per heavy atom. The maximum atomic E-state index is 12.9. The van der Waals surface area contributed by atoms with Gasteiger partial charge in [-0.3, -0.25) is 10.1 Å². The number of carbonyl (C=O) groups is 1. The Labute approximate surface area is 254 Å². The predicted molar refractivity (Wildman–Crippen MR) is 171 cm³/mol. The minimum absolute atomic E-state index is 0.161. The van der Waals surface area contributed by atoms with Gasteiger partial charge in [-0.05, 0) is 102 Å². The number of oxazole rings is 1. The number of thiocarbonyl (C=S) groups is 1. The molecule has 0 aliphatic rings. The monoisotopic (exact) mass is 599 g/mol. The largest absolute Gasteiger partial charge is 0.493 e. The van der Waals surface area contributed by atoms with Gasteiger partial charge in [0.25, 0.3) is 5.91 Å². The van der Waals surface area contributed by atoms with E-state index in [9.17, 15) is 4.79 Å². The standard InChI is InChI=1S/C33H30ClN3O4S/c1-4-20(2)23-9-15-28-27(17-23)36-32(41-28)22-7-13-26(14-8-22)35-33(42)37-31(38)24-10-16-29(30(18-24)39-3)40-19-21-5-11-25(34)12-6-21/h5-18,20H,4,19H2,1-3H3,(H2,35,37,38,42)/t20-/m0/s1. The lowest BCUT2D eigenvalue weighted by atomic mass is 9.98. The summed E-state index contributed by atoms with van der Waals surface area (Å²) in [7, 11) is 1.52. The van der Waals surface area contributed by atoms with Crippen LogP contribution in [0, 0.1) is 0 Å². The highest BCUT2D eigenvalue weighted by Crippen LogP contribution is 2.30. The Kier molecular flexibility index (Phi) is 9.05. The van der Waals surface area contributed by atoms with E-state index in [0.717, 1.165) is 28.6 Å². The molecule has 4 aromatic carbocycles. The van der Waals surface area contributed by atoms with Gasteiger partial charge >= 0.3 is 0 Å². The summed E-state index contributed by atoms with van der Waals surface area (Å²) < 4.78 is 17.3. The van der Waals surface area contributed by atoms with E-state index < -0.39 is 0 Å². The van der Waals surface area contributed by atoms with Gasteiger partial charge in [0, 0.05) is 21.8 Å². The molecule has 1 heterocycles. The molecule has 0 spiro atoms. The molecule has 9 heteroatoms. The summed E-state index contributed by atoms with van der Waals surface area (Å²) >= 11 is 11.3. The fourth-order valence-electron chi connectivity index (χ4n) is 4.31. The fourth-order valence-corrected chi connectivity index (χ4v) is 4.65. The molecule has 7 nitrogen and oxygen atoms in total. The quantitative estimate of drug-likeness (QED) is 0.165. The van der Waals surface area contributed by atoms with Gasteiger partial charge < -0.3 is 19.2 Å². The molecular formula is C33H30ClN3O4S. The van der Waals surface area contributed by atoms with Crippen LogP contribution < -0.4 is 20.1 Å². The number of halogens is 1. The lowest BCUT2D eigenvalue weighted by Gasteiger charge is -2.13. The molecule has 0 radical (unpaired) electrons. The number of ether oxygens (including phenoxy) is 2. The van der Waals surface area contributed by atoms with E-state index in [-0.39, 0.29) is 11.0 Å². The van der Waals surface area contributed by atoms with Crippen LogP contribution in [0.25, 0.3) is 22.6 Å². The third-order valence-electron chi connectivity index (χ3n) is 6.94. The number of amides is 1. The first-order valence-electron chi connectivity index (χ1n) is 13.5. The molecule has 1 amide bonds. The zero-order chi connectivity index (χ0) is 29.6. The summed E-state index contributed by atoms with van der Waals surface area (Å²) in [5, 5.41) is 6.56. The fraction of sp³-hybridized carbons (Fsp3) is 0.182. The van der Waals surface area contributed by atoms with Crippen molar-refractivity contribution in [2.75, 3.05) is 12.4 Å². The van der Waals surface area contributed by atoms with Gasteiger partial charge in [-0.15, -0.1) is 0 Å². The molecule has 0 aliphatic heterocycles. The van der Waals surface area contributed by atoms with Crippen LogP contribution in [0.1, 0.15) is 47.7 Å². The number of nitrogens with one attached hydrogen (secondary N) is 2. The number of carbonyl (C=O) groups excluding carboxylic acids is 1. The first-order valence-corrected chi connectivity index (χ1v) is 14.3. The van der Waals surface area contributed by atoms with Gasteiger partial charge in [0.2, 0.25) is 5.89 Å². The highest BCUT2D eigenvalue weighted by molar-refractivity contribution is 7.80. The first kappa shape index (κ1) is 29.1. The third-order valence-corrected chi connectivity index (χ3v) is 7.40. The molecule has 2 N–H and O–H groups in total. The number of anilines is 1. The normalized spacial score (nSPS) is 11.6. The molecule has 42 heavy (non-hydrogen) atoms. The van der Waals surface area contributed by atoms with Crippen molar-refractivity contribution in [1.29, 1.82) is 0 Å². The molecule has 0 bridgehead atoms. The Morgan fingerprint density at radius 2 is 1.76 bits per heavy atom. The van der Waals surface area contributed by atoms with Gasteiger partial charge in [0.1, 0.15) is 12.1 Å². The van der Waals surface area contributed by atoms with Gasteiger partial charge in [-0.25, -0.2) is 4.98 Å². The van der Waals surface area contributed by atoms with E-state index in [1.165, 1.54) is 12.7 Å². The highest BCUT2D eigenvalue weighted by Gasteiger charge is 2.14. The van der Waals surface area contributed by atoms with Crippen molar-refractivity contribution in [2.24, 2.45) is 0 Å². The van der Waals surface area contributed by atoms with Gasteiger partial charge in [-0.2, -0.15) is 0 Å². The van der Waals surface area contributed by atoms with Crippen LogP contribution in [0.3, 0.4) is 0 Å².